The van der Waals surface area contributed by atoms with Gasteiger partial charge in [-0.1, -0.05) is 6.07 Å². The molecule has 3 rings (SSSR count). The molecule has 5 nitrogen and oxygen atoms in total. The minimum absolute atomic E-state index is 0. The van der Waals surface area contributed by atoms with Crippen LogP contribution < -0.4 is 15.5 Å². The van der Waals surface area contributed by atoms with Crippen molar-refractivity contribution in [1.82, 2.24) is 15.6 Å². The highest BCUT2D eigenvalue weighted by Gasteiger charge is 2.21. The van der Waals surface area contributed by atoms with Gasteiger partial charge in [0.15, 0.2) is 0 Å². The Balaban J connectivity index is 0.00000121. The minimum atomic E-state index is -0.00756. The number of hydrogen-bond acceptors (Lipinski definition) is 4. The average Bonchev–Trinajstić information content (AvgIpc) is 3.18. The number of carbonyl (C=O) groups is 1. The van der Waals surface area contributed by atoms with Crippen LogP contribution in [0.4, 0.5) is 5.82 Å². The predicted molar refractivity (Wildman–Crippen MR) is 93.1 cm³/mol. The van der Waals surface area contributed by atoms with E-state index in [1.54, 1.807) is 0 Å². The molecule has 0 aliphatic carbocycles. The van der Waals surface area contributed by atoms with E-state index in [0.29, 0.717) is 6.54 Å². The quantitative estimate of drug-likeness (QED) is 0.874. The van der Waals surface area contributed by atoms with Crippen molar-refractivity contribution >= 4 is 36.5 Å². The van der Waals surface area contributed by atoms with Crippen molar-refractivity contribution in [3.8, 4) is 0 Å². The molecule has 2 aliphatic heterocycles. The maximum absolute atomic E-state index is 11.9. The number of nitrogens with one attached hydrogen (secondary N) is 2. The Morgan fingerprint density at radius 2 is 2.05 bits per heavy atom. The standard InChI is InChI=1S/C15H22N4O.2ClH/c20-15(13-4-3-7-16-13)18-11-12-5-6-14(17-10-12)19-8-1-2-9-19;;/h5-6,10,13,16H,1-4,7-9,11H2,(H,18,20);2*1H/t13-;;/m0../s1. The van der Waals surface area contributed by atoms with Crippen molar-refractivity contribution in [2.75, 3.05) is 24.5 Å². The lowest BCUT2D eigenvalue weighted by Gasteiger charge is -2.16. The zero-order valence-electron chi connectivity index (χ0n) is 12.6. The van der Waals surface area contributed by atoms with Gasteiger partial charge in [0.25, 0.3) is 0 Å². The molecule has 1 aromatic heterocycles. The highest BCUT2D eigenvalue weighted by atomic mass is 35.5. The van der Waals surface area contributed by atoms with Crippen LogP contribution in [-0.2, 0) is 11.3 Å². The molecule has 2 N–H and O–H groups in total. The molecule has 1 aromatic rings. The maximum atomic E-state index is 11.9. The zero-order valence-corrected chi connectivity index (χ0v) is 14.2. The normalized spacial score (nSPS) is 20.2. The Hall–Kier alpha value is -1.04. The van der Waals surface area contributed by atoms with Crippen LogP contribution in [0.2, 0.25) is 0 Å². The number of pyridine rings is 1. The molecule has 2 aliphatic rings. The molecule has 124 valence electrons. The van der Waals surface area contributed by atoms with Crippen molar-refractivity contribution in [3.63, 3.8) is 0 Å². The Bertz CT molecular complexity index is 457. The number of carbonyl (C=O) groups excluding carboxylic acids is 1. The van der Waals surface area contributed by atoms with Gasteiger partial charge in [0.2, 0.25) is 5.91 Å². The third kappa shape index (κ3) is 4.73. The molecule has 3 heterocycles. The second kappa shape index (κ2) is 9.18. The lowest BCUT2D eigenvalue weighted by atomic mass is 10.2. The first-order chi connectivity index (χ1) is 9.83. The molecule has 0 spiro atoms. The SMILES string of the molecule is Cl.Cl.O=C(NCc1ccc(N2CCCC2)nc1)[C@@H]1CCCN1. The second-order valence-corrected chi connectivity index (χ2v) is 5.59. The summed E-state index contributed by atoms with van der Waals surface area (Å²) in [5.41, 5.74) is 1.05. The lowest BCUT2D eigenvalue weighted by molar-refractivity contribution is -0.122. The molecule has 7 heteroatoms. The molecular formula is C15H24Cl2N4O. The fourth-order valence-electron chi connectivity index (χ4n) is 2.88. The van der Waals surface area contributed by atoms with E-state index in [1.807, 2.05) is 6.20 Å². The summed E-state index contributed by atoms with van der Waals surface area (Å²) < 4.78 is 0. The van der Waals surface area contributed by atoms with Crippen molar-refractivity contribution in [1.29, 1.82) is 0 Å². The van der Waals surface area contributed by atoms with E-state index in [9.17, 15) is 4.79 Å². The summed E-state index contributed by atoms with van der Waals surface area (Å²) in [6.07, 6.45) is 6.42. The van der Waals surface area contributed by atoms with Crippen LogP contribution in [0.1, 0.15) is 31.2 Å². The van der Waals surface area contributed by atoms with Gasteiger partial charge in [0, 0.05) is 25.8 Å². The van der Waals surface area contributed by atoms with Gasteiger partial charge in [-0.2, -0.15) is 0 Å². The topological polar surface area (TPSA) is 57.3 Å². The van der Waals surface area contributed by atoms with Crippen LogP contribution in [0.5, 0.6) is 0 Å². The molecule has 0 unspecified atom stereocenters. The van der Waals surface area contributed by atoms with E-state index < -0.39 is 0 Å². The van der Waals surface area contributed by atoms with Crippen molar-refractivity contribution in [2.45, 2.75) is 38.3 Å². The van der Waals surface area contributed by atoms with Gasteiger partial charge >= 0.3 is 0 Å². The Labute approximate surface area is 144 Å². The first-order valence-corrected chi connectivity index (χ1v) is 7.54. The maximum Gasteiger partial charge on any atom is 0.237 e. The van der Waals surface area contributed by atoms with Crippen LogP contribution >= 0.6 is 24.8 Å². The van der Waals surface area contributed by atoms with E-state index in [2.05, 4.69) is 32.7 Å². The zero-order chi connectivity index (χ0) is 13.8. The molecule has 22 heavy (non-hydrogen) atoms. The average molecular weight is 347 g/mol. The summed E-state index contributed by atoms with van der Waals surface area (Å²) >= 11 is 0. The Kier molecular flexibility index (Phi) is 7.93. The van der Waals surface area contributed by atoms with Crippen molar-refractivity contribution < 1.29 is 4.79 Å². The van der Waals surface area contributed by atoms with E-state index in [4.69, 9.17) is 0 Å². The first-order valence-electron chi connectivity index (χ1n) is 7.54. The largest absolute Gasteiger partial charge is 0.357 e. The number of hydrogen-bond donors (Lipinski definition) is 2. The molecule has 2 fully saturated rings. The summed E-state index contributed by atoms with van der Waals surface area (Å²) in [6.45, 7) is 3.72. The summed E-state index contributed by atoms with van der Waals surface area (Å²) in [5, 5.41) is 6.18. The number of aromatic nitrogens is 1. The van der Waals surface area contributed by atoms with Gasteiger partial charge < -0.3 is 15.5 Å². The van der Waals surface area contributed by atoms with E-state index in [-0.39, 0.29) is 36.8 Å². The van der Waals surface area contributed by atoms with E-state index in [1.165, 1.54) is 12.8 Å². The molecule has 2 saturated heterocycles. The molecule has 0 bridgehead atoms. The number of amides is 1. The second-order valence-electron chi connectivity index (χ2n) is 5.59. The Morgan fingerprint density at radius 1 is 1.27 bits per heavy atom. The first kappa shape index (κ1) is 19.0. The summed E-state index contributed by atoms with van der Waals surface area (Å²) in [5.74, 6) is 1.15. The third-order valence-electron chi connectivity index (χ3n) is 4.08. The number of halogens is 2. The van der Waals surface area contributed by atoms with Crippen LogP contribution in [0.3, 0.4) is 0 Å². The van der Waals surface area contributed by atoms with Gasteiger partial charge in [-0.05, 0) is 43.9 Å². The molecule has 0 aromatic carbocycles. The van der Waals surface area contributed by atoms with Crippen LogP contribution in [0, 0.1) is 0 Å². The highest BCUT2D eigenvalue weighted by Crippen LogP contribution is 2.17. The minimum Gasteiger partial charge on any atom is -0.357 e. The number of nitrogens with zero attached hydrogens (tertiary/aromatic N) is 2. The van der Waals surface area contributed by atoms with Crippen molar-refractivity contribution in [3.05, 3.63) is 23.9 Å². The summed E-state index contributed by atoms with van der Waals surface area (Å²) in [7, 11) is 0. The van der Waals surface area contributed by atoms with Crippen LogP contribution in [0.15, 0.2) is 18.3 Å². The molecule has 0 saturated carbocycles. The number of rotatable bonds is 4. The summed E-state index contributed by atoms with van der Waals surface area (Å²) in [4.78, 5) is 18.7. The van der Waals surface area contributed by atoms with E-state index in [0.717, 1.165) is 43.9 Å². The van der Waals surface area contributed by atoms with Gasteiger partial charge in [-0.25, -0.2) is 4.98 Å². The van der Waals surface area contributed by atoms with Crippen molar-refractivity contribution in [2.24, 2.45) is 0 Å². The van der Waals surface area contributed by atoms with Gasteiger partial charge in [0.1, 0.15) is 5.82 Å². The molecule has 1 atom stereocenters. The van der Waals surface area contributed by atoms with Gasteiger partial charge in [-0.3, -0.25) is 4.79 Å². The summed E-state index contributed by atoms with van der Waals surface area (Å²) in [6, 6.07) is 4.11. The smallest absolute Gasteiger partial charge is 0.237 e. The fraction of sp³-hybridized carbons (Fsp3) is 0.600. The fourth-order valence-corrected chi connectivity index (χ4v) is 2.88. The highest BCUT2D eigenvalue weighted by molar-refractivity contribution is 5.85. The molecule has 0 radical (unpaired) electrons. The monoisotopic (exact) mass is 346 g/mol. The van der Waals surface area contributed by atoms with Gasteiger partial charge in [0.05, 0.1) is 6.04 Å². The molecular weight excluding hydrogens is 323 g/mol. The van der Waals surface area contributed by atoms with Crippen LogP contribution in [-0.4, -0.2) is 36.6 Å². The predicted octanol–water partition coefficient (Wildman–Crippen LogP) is 1.89. The Morgan fingerprint density at radius 3 is 2.64 bits per heavy atom. The lowest BCUT2D eigenvalue weighted by Crippen LogP contribution is -2.40. The number of anilines is 1. The van der Waals surface area contributed by atoms with Crippen LogP contribution in [0.25, 0.3) is 0 Å². The van der Waals surface area contributed by atoms with E-state index >= 15 is 0 Å². The third-order valence-corrected chi connectivity index (χ3v) is 4.08. The van der Waals surface area contributed by atoms with Gasteiger partial charge in [-0.15, -0.1) is 24.8 Å². The molecule has 1 amide bonds.